The third kappa shape index (κ3) is 4.72. The molecule has 0 N–H and O–H groups in total. The zero-order chi connectivity index (χ0) is 29.8. The number of amides is 3. The van der Waals surface area contributed by atoms with E-state index in [9.17, 15) is 32.3 Å². The third-order valence-corrected chi connectivity index (χ3v) is 10.6. The van der Waals surface area contributed by atoms with Crippen molar-refractivity contribution in [2.75, 3.05) is 25.1 Å². The van der Waals surface area contributed by atoms with E-state index in [1.54, 1.807) is 29.2 Å². The lowest BCUT2D eigenvalue weighted by atomic mass is 9.82. The maximum Gasteiger partial charge on any atom is 0.418 e. The summed E-state index contributed by atoms with van der Waals surface area (Å²) in [4.78, 5) is 56.9. The van der Waals surface area contributed by atoms with Crippen LogP contribution in [-0.2, 0) is 27.1 Å². The first-order valence-corrected chi connectivity index (χ1v) is 15.2. The molecule has 0 radical (unpaired) electrons. The number of thioether (sulfide) groups is 1. The molecule has 13 heteroatoms. The van der Waals surface area contributed by atoms with Crippen LogP contribution in [0, 0.1) is 5.92 Å². The predicted molar refractivity (Wildman–Crippen MR) is 151 cm³/mol. The van der Waals surface area contributed by atoms with Crippen molar-refractivity contribution in [2.24, 2.45) is 5.92 Å². The highest BCUT2D eigenvalue weighted by molar-refractivity contribution is 8.00. The van der Waals surface area contributed by atoms with Crippen molar-refractivity contribution in [3.8, 4) is 5.75 Å². The summed E-state index contributed by atoms with van der Waals surface area (Å²) in [6.07, 6.45) is -2.01. The van der Waals surface area contributed by atoms with Gasteiger partial charge in [-0.1, -0.05) is 53.4 Å². The number of aromatic nitrogens is 1. The van der Waals surface area contributed by atoms with E-state index in [0.717, 1.165) is 54.5 Å². The van der Waals surface area contributed by atoms with Crippen LogP contribution in [-0.4, -0.2) is 52.6 Å². The van der Waals surface area contributed by atoms with Gasteiger partial charge in [0.15, 0.2) is 0 Å². The zero-order valence-corrected chi connectivity index (χ0v) is 24.1. The summed E-state index contributed by atoms with van der Waals surface area (Å²) in [6.45, 7) is 0.973. The highest BCUT2D eigenvalue weighted by Gasteiger charge is 2.58. The first-order chi connectivity index (χ1) is 20.1. The summed E-state index contributed by atoms with van der Waals surface area (Å²) >= 11 is 1.85. The number of carbonyl (C=O) groups excluding carboxylic acids is 3. The SMILES string of the molecule is COc1ccccc1[C@@H]1c2sc(=O)n(CC(=O)N3CCCCC3)c2S[C@H]2C(=O)N(c3ccccc3C(F)(F)F)C(=O)[C@@H]12. The molecule has 220 valence electrons. The number of piperidine rings is 1. The van der Waals surface area contributed by atoms with Crippen molar-refractivity contribution in [1.29, 1.82) is 0 Å². The lowest BCUT2D eigenvalue weighted by molar-refractivity contribution is -0.137. The molecule has 3 atom stereocenters. The summed E-state index contributed by atoms with van der Waals surface area (Å²) in [6, 6.07) is 11.4. The average molecular weight is 618 g/mol. The Morgan fingerprint density at radius 1 is 0.976 bits per heavy atom. The van der Waals surface area contributed by atoms with Crippen molar-refractivity contribution in [3.05, 3.63) is 74.2 Å². The first kappa shape index (κ1) is 28.5. The van der Waals surface area contributed by atoms with Crippen LogP contribution in [0.15, 0.2) is 58.4 Å². The van der Waals surface area contributed by atoms with Gasteiger partial charge in [0.2, 0.25) is 17.7 Å². The number of imide groups is 1. The molecule has 6 rings (SSSR count). The molecule has 8 nitrogen and oxygen atoms in total. The largest absolute Gasteiger partial charge is 0.496 e. The molecule has 0 bridgehead atoms. The van der Waals surface area contributed by atoms with Gasteiger partial charge in [-0.15, -0.1) is 0 Å². The summed E-state index contributed by atoms with van der Waals surface area (Å²) in [5, 5.41) is -0.744. The quantitative estimate of drug-likeness (QED) is 0.385. The molecule has 2 saturated heterocycles. The van der Waals surface area contributed by atoms with Crippen LogP contribution in [0.2, 0.25) is 0 Å². The molecule has 3 aliphatic rings. The van der Waals surface area contributed by atoms with Gasteiger partial charge < -0.3 is 9.64 Å². The Kier molecular flexibility index (Phi) is 7.42. The van der Waals surface area contributed by atoms with E-state index in [1.165, 1.54) is 23.8 Å². The summed E-state index contributed by atoms with van der Waals surface area (Å²) < 4.78 is 48.8. The number of alkyl halides is 3. The highest BCUT2D eigenvalue weighted by Crippen LogP contribution is 2.55. The number of benzene rings is 2. The fourth-order valence-corrected chi connectivity index (χ4v) is 8.80. The molecule has 3 amide bonds. The number of likely N-dealkylation sites (tertiary alicyclic amines) is 1. The van der Waals surface area contributed by atoms with Gasteiger partial charge in [0, 0.05) is 29.4 Å². The average Bonchev–Trinajstić information content (AvgIpc) is 3.43. The highest BCUT2D eigenvalue weighted by atomic mass is 32.2. The van der Waals surface area contributed by atoms with Crippen molar-refractivity contribution >= 4 is 46.5 Å². The van der Waals surface area contributed by atoms with E-state index in [0.29, 0.717) is 39.2 Å². The molecule has 2 fully saturated rings. The summed E-state index contributed by atoms with van der Waals surface area (Å²) in [5.74, 6) is -3.35. The first-order valence-electron chi connectivity index (χ1n) is 13.5. The predicted octanol–water partition coefficient (Wildman–Crippen LogP) is 4.75. The van der Waals surface area contributed by atoms with Crippen molar-refractivity contribution in [2.45, 2.75) is 48.2 Å². The number of ether oxygens (including phenoxy) is 1. The summed E-state index contributed by atoms with van der Waals surface area (Å²) in [7, 11) is 1.45. The van der Waals surface area contributed by atoms with Crippen LogP contribution < -0.4 is 14.5 Å². The van der Waals surface area contributed by atoms with Crippen LogP contribution in [0.1, 0.15) is 41.2 Å². The lowest BCUT2D eigenvalue weighted by Crippen LogP contribution is -2.39. The number of hydrogen-bond donors (Lipinski definition) is 0. The van der Waals surface area contributed by atoms with Gasteiger partial charge in [0.1, 0.15) is 17.5 Å². The number of carbonyl (C=O) groups is 3. The van der Waals surface area contributed by atoms with Crippen molar-refractivity contribution < 1.29 is 32.3 Å². The number of anilines is 1. The van der Waals surface area contributed by atoms with Gasteiger partial charge in [-0.2, -0.15) is 13.2 Å². The second-order valence-corrected chi connectivity index (χ2v) is 12.5. The minimum absolute atomic E-state index is 0.219. The molecule has 3 aromatic rings. The Bertz CT molecular complexity index is 1630. The van der Waals surface area contributed by atoms with E-state index < -0.39 is 51.2 Å². The summed E-state index contributed by atoms with van der Waals surface area (Å²) in [5.41, 5.74) is -1.10. The zero-order valence-electron chi connectivity index (χ0n) is 22.4. The maximum absolute atomic E-state index is 14.0. The molecule has 0 spiro atoms. The van der Waals surface area contributed by atoms with Crippen LogP contribution in [0.25, 0.3) is 0 Å². The molecular weight excluding hydrogens is 591 g/mol. The molecule has 4 heterocycles. The molecule has 0 saturated carbocycles. The van der Waals surface area contributed by atoms with E-state index >= 15 is 0 Å². The molecule has 0 unspecified atom stereocenters. The Balaban J connectivity index is 1.48. The van der Waals surface area contributed by atoms with Crippen LogP contribution in [0.5, 0.6) is 5.75 Å². The second-order valence-electron chi connectivity index (χ2n) is 10.4. The van der Waals surface area contributed by atoms with Crippen molar-refractivity contribution in [1.82, 2.24) is 9.47 Å². The topological polar surface area (TPSA) is 88.9 Å². The molecular formula is C29H26F3N3O5S2. The van der Waals surface area contributed by atoms with Gasteiger partial charge in [0.25, 0.3) is 0 Å². The molecule has 3 aliphatic heterocycles. The maximum atomic E-state index is 14.0. The number of thiazole rings is 1. The van der Waals surface area contributed by atoms with Crippen LogP contribution in [0.3, 0.4) is 0 Å². The fraction of sp³-hybridized carbons (Fsp3) is 0.379. The number of rotatable bonds is 5. The Hall–Kier alpha value is -3.58. The van der Waals surface area contributed by atoms with Gasteiger partial charge in [0.05, 0.1) is 29.3 Å². The number of fused-ring (bicyclic) bond motifs is 2. The third-order valence-electron chi connectivity index (χ3n) is 7.98. The number of nitrogens with zero attached hydrogens (tertiary/aromatic N) is 3. The van der Waals surface area contributed by atoms with Gasteiger partial charge in [-0.05, 0) is 37.5 Å². The number of hydrogen-bond acceptors (Lipinski definition) is 7. The Morgan fingerprint density at radius 3 is 2.38 bits per heavy atom. The Labute approximate surface area is 247 Å². The number of halogens is 3. The number of methoxy groups -OCH3 is 1. The monoisotopic (exact) mass is 617 g/mol. The minimum Gasteiger partial charge on any atom is -0.496 e. The van der Waals surface area contributed by atoms with Crippen LogP contribution >= 0.6 is 23.1 Å². The second kappa shape index (κ2) is 10.9. The number of para-hydroxylation sites is 2. The minimum atomic E-state index is -4.80. The fourth-order valence-electron chi connectivity index (χ4n) is 6.04. The molecule has 42 heavy (non-hydrogen) atoms. The van der Waals surface area contributed by atoms with Crippen molar-refractivity contribution in [3.63, 3.8) is 0 Å². The van der Waals surface area contributed by atoms with E-state index in [2.05, 4.69) is 0 Å². The lowest BCUT2D eigenvalue weighted by Gasteiger charge is -2.32. The van der Waals surface area contributed by atoms with Gasteiger partial charge in [-0.3, -0.25) is 23.7 Å². The van der Waals surface area contributed by atoms with E-state index in [-0.39, 0.29) is 12.5 Å². The Morgan fingerprint density at radius 2 is 1.67 bits per heavy atom. The normalized spacial score (nSPS) is 22.2. The molecule has 2 aromatic carbocycles. The van der Waals surface area contributed by atoms with E-state index in [1.807, 2.05) is 0 Å². The van der Waals surface area contributed by atoms with E-state index in [4.69, 9.17) is 4.74 Å². The molecule has 0 aliphatic carbocycles. The van der Waals surface area contributed by atoms with Crippen LogP contribution in [0.4, 0.5) is 18.9 Å². The standard InChI is InChI=1S/C29H26F3N3O5S2/c1-40-19-12-6-3-9-16(19)21-22-23(26(38)35(25(22)37)18-11-5-4-10-17(18)29(30,31)32)41-27-24(21)42-28(39)34(27)15-20(36)33-13-7-2-8-14-33/h3-6,9-12,21-23H,2,7-8,13-15H2,1H3/t21-,22-,23+/m0/s1. The van der Waals surface area contributed by atoms with Gasteiger partial charge >= 0.3 is 11.0 Å². The van der Waals surface area contributed by atoms with Gasteiger partial charge in [-0.25, -0.2) is 4.90 Å². The smallest absolute Gasteiger partial charge is 0.418 e. The molecule has 1 aromatic heterocycles.